The third kappa shape index (κ3) is 1.65. The molecular formula is C13H14NSi. The lowest BCUT2D eigenvalue weighted by atomic mass is 9.94. The SMILES string of the molecule is Cc1cc([Si])c(N)c(C2=CC=CC2)c1C. The first-order valence-electron chi connectivity index (χ1n) is 5.08. The number of nitrogens with two attached hydrogens (primary N) is 1. The van der Waals surface area contributed by atoms with Crippen molar-refractivity contribution in [3.05, 3.63) is 41.0 Å². The smallest absolute Gasteiger partial charge is 0.0741 e. The van der Waals surface area contributed by atoms with Crippen LogP contribution in [0, 0.1) is 13.8 Å². The van der Waals surface area contributed by atoms with Crippen molar-refractivity contribution in [2.24, 2.45) is 0 Å². The van der Waals surface area contributed by atoms with E-state index in [0.717, 1.165) is 17.3 Å². The Labute approximate surface area is 94.1 Å². The van der Waals surface area contributed by atoms with E-state index in [1.807, 2.05) is 0 Å². The van der Waals surface area contributed by atoms with Crippen LogP contribution in [0.5, 0.6) is 0 Å². The average Bonchev–Trinajstić information content (AvgIpc) is 2.69. The summed E-state index contributed by atoms with van der Waals surface area (Å²) in [4.78, 5) is 0. The van der Waals surface area contributed by atoms with Gasteiger partial charge in [0.1, 0.15) is 0 Å². The van der Waals surface area contributed by atoms with Crippen LogP contribution in [0.3, 0.4) is 0 Å². The lowest BCUT2D eigenvalue weighted by Gasteiger charge is -2.15. The molecule has 1 nitrogen and oxygen atoms in total. The molecule has 0 saturated heterocycles. The van der Waals surface area contributed by atoms with E-state index in [1.165, 1.54) is 22.3 Å². The molecular weight excluding hydrogens is 198 g/mol. The fraction of sp³-hybridized carbons (Fsp3) is 0.231. The summed E-state index contributed by atoms with van der Waals surface area (Å²) in [7, 11) is 3.56. The van der Waals surface area contributed by atoms with Gasteiger partial charge in [0.25, 0.3) is 0 Å². The van der Waals surface area contributed by atoms with Crippen LogP contribution in [0.1, 0.15) is 23.1 Å². The Hall–Kier alpha value is -1.28. The van der Waals surface area contributed by atoms with Gasteiger partial charge in [0, 0.05) is 11.3 Å². The summed E-state index contributed by atoms with van der Waals surface area (Å²) in [6, 6.07) is 2.08. The summed E-state index contributed by atoms with van der Waals surface area (Å²) in [6.45, 7) is 4.25. The Morgan fingerprint density at radius 1 is 1.33 bits per heavy atom. The highest BCUT2D eigenvalue weighted by molar-refractivity contribution is 6.36. The zero-order chi connectivity index (χ0) is 11.0. The Bertz CT molecular complexity index is 444. The predicted octanol–water partition coefficient (Wildman–Crippen LogP) is 2.02. The van der Waals surface area contributed by atoms with Crippen LogP contribution >= 0.6 is 0 Å². The third-order valence-electron chi connectivity index (χ3n) is 2.98. The Kier molecular flexibility index (Phi) is 2.53. The van der Waals surface area contributed by atoms with Gasteiger partial charge in [0.2, 0.25) is 0 Å². The third-order valence-corrected chi connectivity index (χ3v) is 3.39. The van der Waals surface area contributed by atoms with Crippen molar-refractivity contribution in [3.63, 3.8) is 0 Å². The van der Waals surface area contributed by atoms with Crippen molar-refractivity contribution in [2.45, 2.75) is 20.3 Å². The van der Waals surface area contributed by atoms with E-state index >= 15 is 0 Å². The molecule has 1 aliphatic carbocycles. The second kappa shape index (κ2) is 3.70. The van der Waals surface area contributed by atoms with Crippen molar-refractivity contribution in [1.29, 1.82) is 0 Å². The van der Waals surface area contributed by atoms with E-state index in [1.54, 1.807) is 0 Å². The van der Waals surface area contributed by atoms with Crippen LogP contribution in [0.2, 0.25) is 0 Å². The Morgan fingerprint density at radius 2 is 2.07 bits per heavy atom. The first kappa shape index (κ1) is 10.2. The molecule has 0 unspecified atom stereocenters. The zero-order valence-electron chi connectivity index (χ0n) is 9.09. The highest BCUT2D eigenvalue weighted by atomic mass is 28.1. The van der Waals surface area contributed by atoms with Crippen LogP contribution in [-0.4, -0.2) is 10.2 Å². The Balaban J connectivity index is 2.64. The van der Waals surface area contributed by atoms with E-state index in [0.29, 0.717) is 0 Å². The van der Waals surface area contributed by atoms with Crippen LogP contribution in [-0.2, 0) is 0 Å². The van der Waals surface area contributed by atoms with E-state index < -0.39 is 0 Å². The zero-order valence-corrected chi connectivity index (χ0v) is 10.1. The van der Waals surface area contributed by atoms with Gasteiger partial charge in [-0.25, -0.2) is 0 Å². The fourth-order valence-electron chi connectivity index (χ4n) is 1.98. The monoisotopic (exact) mass is 212 g/mol. The maximum Gasteiger partial charge on any atom is 0.0741 e. The van der Waals surface area contributed by atoms with Gasteiger partial charge in [-0.3, -0.25) is 0 Å². The Morgan fingerprint density at radius 3 is 2.67 bits per heavy atom. The highest BCUT2D eigenvalue weighted by Crippen LogP contribution is 2.31. The van der Waals surface area contributed by atoms with Gasteiger partial charge in [0.15, 0.2) is 0 Å². The summed E-state index contributed by atoms with van der Waals surface area (Å²) >= 11 is 0. The minimum absolute atomic E-state index is 0.852. The molecule has 0 saturated carbocycles. The molecule has 2 N–H and O–H groups in total. The molecule has 15 heavy (non-hydrogen) atoms. The largest absolute Gasteiger partial charge is 0.398 e. The van der Waals surface area contributed by atoms with Gasteiger partial charge >= 0.3 is 0 Å². The standard InChI is InChI=1S/C13H14NSi/c1-8-7-11(15)13(14)12(9(8)2)10-5-3-4-6-10/h3-5,7H,6,14H2,1-2H3. The number of rotatable bonds is 1. The van der Waals surface area contributed by atoms with Gasteiger partial charge in [0.05, 0.1) is 10.2 Å². The number of anilines is 1. The summed E-state index contributed by atoms with van der Waals surface area (Å²) in [5.41, 5.74) is 12.0. The summed E-state index contributed by atoms with van der Waals surface area (Å²) in [5, 5.41) is 0.987. The summed E-state index contributed by atoms with van der Waals surface area (Å²) in [5.74, 6) is 0. The molecule has 0 atom stereocenters. The molecule has 0 heterocycles. The molecule has 75 valence electrons. The van der Waals surface area contributed by atoms with E-state index in [-0.39, 0.29) is 0 Å². The maximum atomic E-state index is 6.11. The second-order valence-corrected chi connectivity index (χ2v) is 4.52. The summed E-state index contributed by atoms with van der Waals surface area (Å²) in [6.07, 6.45) is 7.37. The van der Waals surface area contributed by atoms with Crippen LogP contribution < -0.4 is 10.9 Å². The molecule has 1 aliphatic rings. The van der Waals surface area contributed by atoms with Gasteiger partial charge in [-0.2, -0.15) is 0 Å². The molecule has 2 rings (SSSR count). The van der Waals surface area contributed by atoms with E-state index in [2.05, 4.69) is 48.4 Å². The molecule has 2 heteroatoms. The minimum atomic E-state index is 0.852. The first-order valence-corrected chi connectivity index (χ1v) is 5.58. The molecule has 0 spiro atoms. The van der Waals surface area contributed by atoms with Crippen LogP contribution in [0.15, 0.2) is 24.3 Å². The number of hydrogen-bond donors (Lipinski definition) is 1. The van der Waals surface area contributed by atoms with Crippen LogP contribution in [0.25, 0.3) is 5.57 Å². The number of allylic oxidation sites excluding steroid dienone is 4. The molecule has 0 aliphatic heterocycles. The molecule has 0 amide bonds. The number of aryl methyl sites for hydroxylation is 1. The minimum Gasteiger partial charge on any atom is -0.398 e. The van der Waals surface area contributed by atoms with Crippen molar-refractivity contribution in [3.8, 4) is 0 Å². The molecule has 0 fully saturated rings. The van der Waals surface area contributed by atoms with Crippen LogP contribution in [0.4, 0.5) is 5.69 Å². The molecule has 0 aromatic heterocycles. The average molecular weight is 212 g/mol. The summed E-state index contributed by atoms with van der Waals surface area (Å²) < 4.78 is 0. The van der Waals surface area contributed by atoms with Gasteiger partial charge in [-0.15, -0.1) is 0 Å². The molecule has 1 aromatic rings. The second-order valence-electron chi connectivity index (χ2n) is 3.98. The molecule has 3 radical (unpaired) electrons. The van der Waals surface area contributed by atoms with Crippen molar-refractivity contribution >= 4 is 26.7 Å². The lowest BCUT2D eigenvalue weighted by Crippen LogP contribution is -2.14. The highest BCUT2D eigenvalue weighted by Gasteiger charge is 2.13. The van der Waals surface area contributed by atoms with Crippen molar-refractivity contribution < 1.29 is 0 Å². The maximum absolute atomic E-state index is 6.11. The number of benzene rings is 1. The lowest BCUT2D eigenvalue weighted by molar-refractivity contribution is 1.30. The van der Waals surface area contributed by atoms with E-state index in [9.17, 15) is 0 Å². The molecule has 1 aromatic carbocycles. The van der Waals surface area contributed by atoms with E-state index in [4.69, 9.17) is 5.73 Å². The van der Waals surface area contributed by atoms with Crippen molar-refractivity contribution in [1.82, 2.24) is 0 Å². The van der Waals surface area contributed by atoms with Gasteiger partial charge in [-0.1, -0.05) is 24.3 Å². The quantitative estimate of drug-likeness (QED) is 0.559. The molecule has 0 bridgehead atoms. The van der Waals surface area contributed by atoms with Gasteiger partial charge < -0.3 is 5.73 Å². The van der Waals surface area contributed by atoms with Gasteiger partial charge in [-0.05, 0) is 42.2 Å². The fourth-order valence-corrected chi connectivity index (χ4v) is 2.32. The predicted molar refractivity (Wildman–Crippen MR) is 67.5 cm³/mol. The first-order chi connectivity index (χ1) is 7.11. The topological polar surface area (TPSA) is 26.0 Å². The normalized spacial score (nSPS) is 14.5. The van der Waals surface area contributed by atoms with Crippen molar-refractivity contribution in [2.75, 3.05) is 5.73 Å². The number of hydrogen-bond acceptors (Lipinski definition) is 1. The number of nitrogen functional groups attached to an aromatic ring is 1.